The lowest BCUT2D eigenvalue weighted by Crippen LogP contribution is -2.37. The number of ether oxygens (including phenoxy) is 2. The van der Waals surface area contributed by atoms with Gasteiger partial charge in [0.05, 0.1) is 6.04 Å². The van der Waals surface area contributed by atoms with Gasteiger partial charge in [-0.2, -0.15) is 8.78 Å². The third-order valence-electron chi connectivity index (χ3n) is 6.31. The van der Waals surface area contributed by atoms with E-state index in [2.05, 4.69) is 20.4 Å². The molecule has 2 atom stereocenters. The van der Waals surface area contributed by atoms with Gasteiger partial charge in [0, 0.05) is 43.5 Å². The van der Waals surface area contributed by atoms with Gasteiger partial charge in [0.1, 0.15) is 5.75 Å². The van der Waals surface area contributed by atoms with Crippen LogP contribution in [0.4, 0.5) is 14.7 Å². The molecule has 33 heavy (non-hydrogen) atoms. The Morgan fingerprint density at radius 2 is 1.97 bits per heavy atom. The zero-order valence-electron chi connectivity index (χ0n) is 18.7. The second kappa shape index (κ2) is 10.9. The Labute approximate surface area is 192 Å². The second-order valence-electron chi connectivity index (χ2n) is 8.55. The Morgan fingerprint density at radius 3 is 2.67 bits per heavy atom. The highest BCUT2D eigenvalue weighted by Gasteiger charge is 2.28. The Bertz CT molecular complexity index is 936. The first-order valence-electron chi connectivity index (χ1n) is 11.6. The number of hydrogen-bond acceptors (Lipinski definition) is 6. The van der Waals surface area contributed by atoms with E-state index in [4.69, 9.17) is 9.72 Å². The van der Waals surface area contributed by atoms with Crippen molar-refractivity contribution in [2.75, 3.05) is 18.5 Å². The largest absolute Gasteiger partial charge is 0.435 e. The van der Waals surface area contributed by atoms with Crippen molar-refractivity contribution in [3.8, 4) is 5.75 Å². The van der Waals surface area contributed by atoms with Crippen LogP contribution in [0, 0.1) is 5.92 Å². The summed E-state index contributed by atoms with van der Waals surface area (Å²) in [7, 11) is 0. The third-order valence-corrected chi connectivity index (χ3v) is 6.31. The minimum atomic E-state index is -2.86. The van der Waals surface area contributed by atoms with E-state index in [1.165, 1.54) is 12.1 Å². The molecule has 0 unspecified atom stereocenters. The molecule has 4 rings (SSSR count). The maximum Gasteiger partial charge on any atom is 0.387 e. The fraction of sp³-hybridized carbons (Fsp3) is 0.542. The van der Waals surface area contributed by atoms with Gasteiger partial charge in [-0.1, -0.05) is 19.1 Å². The monoisotopic (exact) mass is 460 g/mol. The van der Waals surface area contributed by atoms with Gasteiger partial charge in [-0.25, -0.2) is 9.97 Å². The SMILES string of the molecule is CC[C@@H](NC(=O)[C@H]1CCc2cnc(NC3CCOCC3)nc2C1)c1ccc(OC(F)F)cc1. The summed E-state index contributed by atoms with van der Waals surface area (Å²) in [6, 6.07) is 6.53. The molecule has 0 saturated carbocycles. The van der Waals surface area contributed by atoms with Crippen molar-refractivity contribution < 1.29 is 23.0 Å². The summed E-state index contributed by atoms with van der Waals surface area (Å²) < 4.78 is 34.6. The number of amides is 1. The Hall–Kier alpha value is -2.81. The van der Waals surface area contributed by atoms with Gasteiger partial charge < -0.3 is 20.1 Å². The maximum absolute atomic E-state index is 13.1. The van der Waals surface area contributed by atoms with E-state index in [9.17, 15) is 13.6 Å². The number of alkyl halides is 2. The van der Waals surface area contributed by atoms with Gasteiger partial charge >= 0.3 is 6.61 Å². The van der Waals surface area contributed by atoms with E-state index in [0.717, 1.165) is 55.7 Å². The number of aromatic nitrogens is 2. The van der Waals surface area contributed by atoms with Crippen molar-refractivity contribution in [1.29, 1.82) is 0 Å². The molecular weight excluding hydrogens is 430 g/mol. The second-order valence-corrected chi connectivity index (χ2v) is 8.55. The zero-order valence-corrected chi connectivity index (χ0v) is 18.7. The summed E-state index contributed by atoms with van der Waals surface area (Å²) in [6.45, 7) is 0.603. The molecule has 0 spiro atoms. The van der Waals surface area contributed by atoms with Crippen LogP contribution < -0.4 is 15.4 Å². The lowest BCUT2D eigenvalue weighted by atomic mass is 9.86. The zero-order chi connectivity index (χ0) is 23.2. The van der Waals surface area contributed by atoms with Crippen LogP contribution in [0.3, 0.4) is 0 Å². The topological polar surface area (TPSA) is 85.4 Å². The van der Waals surface area contributed by atoms with Crippen LogP contribution in [0.15, 0.2) is 30.5 Å². The summed E-state index contributed by atoms with van der Waals surface area (Å²) in [5.41, 5.74) is 2.87. The Kier molecular flexibility index (Phi) is 7.69. The van der Waals surface area contributed by atoms with Gasteiger partial charge in [-0.3, -0.25) is 4.79 Å². The third kappa shape index (κ3) is 6.16. The van der Waals surface area contributed by atoms with Crippen LogP contribution in [-0.4, -0.2) is 41.7 Å². The lowest BCUT2D eigenvalue weighted by Gasteiger charge is -2.27. The number of nitrogens with zero attached hydrogens (tertiary/aromatic N) is 2. The predicted molar refractivity (Wildman–Crippen MR) is 119 cm³/mol. The summed E-state index contributed by atoms with van der Waals surface area (Å²) >= 11 is 0. The number of anilines is 1. The van der Waals surface area contributed by atoms with Crippen molar-refractivity contribution in [3.63, 3.8) is 0 Å². The highest BCUT2D eigenvalue weighted by molar-refractivity contribution is 5.79. The fourth-order valence-corrected chi connectivity index (χ4v) is 4.40. The molecule has 0 bridgehead atoms. The number of benzene rings is 1. The molecule has 1 aliphatic carbocycles. The molecule has 178 valence electrons. The highest BCUT2D eigenvalue weighted by atomic mass is 19.3. The summed E-state index contributed by atoms with van der Waals surface area (Å²) in [4.78, 5) is 22.2. The molecule has 1 amide bonds. The smallest absolute Gasteiger partial charge is 0.387 e. The Morgan fingerprint density at radius 1 is 1.21 bits per heavy atom. The van der Waals surface area contributed by atoms with Crippen LogP contribution in [0.2, 0.25) is 0 Å². The van der Waals surface area contributed by atoms with E-state index in [0.29, 0.717) is 24.8 Å². The maximum atomic E-state index is 13.1. The number of carbonyl (C=O) groups excluding carboxylic acids is 1. The molecule has 1 aromatic heterocycles. The van der Waals surface area contributed by atoms with Gasteiger partial charge in [0.25, 0.3) is 0 Å². The predicted octanol–water partition coefficient (Wildman–Crippen LogP) is 4.04. The van der Waals surface area contributed by atoms with Gasteiger partial charge in [-0.05, 0) is 55.4 Å². The molecule has 2 aliphatic rings. The minimum absolute atomic E-state index is 0.0158. The van der Waals surface area contributed by atoms with Crippen LogP contribution in [0.1, 0.15) is 55.5 Å². The molecule has 2 heterocycles. The van der Waals surface area contributed by atoms with E-state index in [1.807, 2.05) is 13.1 Å². The Balaban J connectivity index is 1.37. The number of rotatable bonds is 8. The van der Waals surface area contributed by atoms with Gasteiger partial charge in [-0.15, -0.1) is 0 Å². The van der Waals surface area contributed by atoms with E-state index >= 15 is 0 Å². The van der Waals surface area contributed by atoms with Crippen LogP contribution >= 0.6 is 0 Å². The molecule has 7 nitrogen and oxygen atoms in total. The molecule has 2 N–H and O–H groups in total. The lowest BCUT2D eigenvalue weighted by molar-refractivity contribution is -0.126. The van der Waals surface area contributed by atoms with Crippen molar-refractivity contribution in [2.45, 2.75) is 64.1 Å². The molecule has 1 saturated heterocycles. The first-order chi connectivity index (χ1) is 16.0. The minimum Gasteiger partial charge on any atom is -0.435 e. The van der Waals surface area contributed by atoms with Crippen LogP contribution in [0.25, 0.3) is 0 Å². The van der Waals surface area contributed by atoms with E-state index in [1.54, 1.807) is 12.1 Å². The highest BCUT2D eigenvalue weighted by Crippen LogP contribution is 2.27. The van der Waals surface area contributed by atoms with E-state index in [-0.39, 0.29) is 23.6 Å². The van der Waals surface area contributed by atoms with E-state index < -0.39 is 6.61 Å². The summed E-state index contributed by atoms with van der Waals surface area (Å²) in [6.07, 6.45) is 6.50. The first kappa shape index (κ1) is 23.4. The molecule has 1 fully saturated rings. The number of hydrogen-bond donors (Lipinski definition) is 2. The average Bonchev–Trinajstić information content (AvgIpc) is 2.83. The first-order valence-corrected chi connectivity index (χ1v) is 11.6. The number of halogens is 2. The standard InChI is InChI=1S/C24H30F2N4O3/c1-2-20(15-5-7-19(8-6-15)33-23(25)26)29-22(31)16-3-4-17-14-27-24(30-21(17)13-16)28-18-9-11-32-12-10-18/h5-8,14,16,18,20,23H,2-4,9-13H2,1H3,(H,29,31)(H,27,28,30)/t16-,20+/m0/s1. The molecule has 9 heteroatoms. The summed E-state index contributed by atoms with van der Waals surface area (Å²) in [5.74, 6) is 0.527. The fourth-order valence-electron chi connectivity index (χ4n) is 4.40. The molecular formula is C24H30F2N4O3. The average molecular weight is 461 g/mol. The molecule has 2 aromatic rings. The molecule has 0 radical (unpaired) electrons. The number of fused-ring (bicyclic) bond motifs is 1. The van der Waals surface area contributed by atoms with Gasteiger partial charge in [0.15, 0.2) is 0 Å². The van der Waals surface area contributed by atoms with Crippen molar-refractivity contribution in [2.24, 2.45) is 5.92 Å². The summed E-state index contributed by atoms with van der Waals surface area (Å²) in [5, 5.41) is 6.52. The van der Waals surface area contributed by atoms with Crippen LogP contribution in [-0.2, 0) is 22.4 Å². The quantitative estimate of drug-likeness (QED) is 0.619. The van der Waals surface area contributed by atoms with Crippen molar-refractivity contribution in [1.82, 2.24) is 15.3 Å². The van der Waals surface area contributed by atoms with Crippen LogP contribution in [0.5, 0.6) is 5.75 Å². The van der Waals surface area contributed by atoms with Gasteiger partial charge in [0.2, 0.25) is 11.9 Å². The molecule has 1 aromatic carbocycles. The van der Waals surface area contributed by atoms with Crippen molar-refractivity contribution in [3.05, 3.63) is 47.3 Å². The number of nitrogens with one attached hydrogen (secondary N) is 2. The normalized spacial score (nSPS) is 19.6. The number of carbonyl (C=O) groups is 1. The molecule has 1 aliphatic heterocycles. The van der Waals surface area contributed by atoms with Crippen molar-refractivity contribution >= 4 is 11.9 Å². The number of aryl methyl sites for hydroxylation is 1.